The average molecular weight is 143 g/mol. The molecule has 0 spiro atoms. The highest BCUT2D eigenvalue weighted by Crippen LogP contribution is 2.34. The van der Waals surface area contributed by atoms with Crippen LogP contribution >= 0.6 is 0 Å². The topological polar surface area (TPSA) is 69.4 Å². The van der Waals surface area contributed by atoms with Gasteiger partial charge in [0, 0.05) is 0 Å². The van der Waals surface area contributed by atoms with E-state index in [1.165, 1.54) is 0 Å². The van der Waals surface area contributed by atoms with Gasteiger partial charge in [-0.25, -0.2) is 0 Å². The number of carbonyl (C=O) groups excluding carboxylic acids is 2. The first-order valence-electron chi connectivity index (χ1n) is 3.13. The molecule has 4 nitrogen and oxygen atoms in total. The van der Waals surface area contributed by atoms with Gasteiger partial charge in [0.25, 0.3) is 12.4 Å². The summed E-state index contributed by atoms with van der Waals surface area (Å²) < 4.78 is 4.57. The lowest BCUT2D eigenvalue weighted by molar-refractivity contribution is -0.165. The van der Waals surface area contributed by atoms with Crippen LogP contribution < -0.4 is 5.73 Å². The normalized spacial score (nSPS) is 20.8. The molecule has 0 radical (unpaired) electrons. The van der Waals surface area contributed by atoms with E-state index in [0.717, 1.165) is 6.42 Å². The molecule has 0 unspecified atom stereocenters. The zero-order valence-corrected chi connectivity index (χ0v) is 5.50. The average Bonchev–Trinajstić information content (AvgIpc) is 1.77. The summed E-state index contributed by atoms with van der Waals surface area (Å²) in [5.74, 6) is -0.536. The molecule has 1 aliphatic carbocycles. The molecular formula is C6H9NO3. The summed E-state index contributed by atoms with van der Waals surface area (Å²) >= 11 is 0. The van der Waals surface area contributed by atoms with E-state index < -0.39 is 11.5 Å². The van der Waals surface area contributed by atoms with Crippen molar-refractivity contribution in [1.29, 1.82) is 0 Å². The SMILES string of the molecule is NC(=O)C1(OC=O)CCC1. The lowest BCUT2D eigenvalue weighted by Crippen LogP contribution is -2.51. The number of carbonyl (C=O) groups is 2. The predicted molar refractivity (Wildman–Crippen MR) is 32.9 cm³/mol. The molecule has 10 heavy (non-hydrogen) atoms. The molecule has 0 aromatic carbocycles. The molecule has 1 rings (SSSR count). The molecule has 0 bridgehead atoms. The number of rotatable bonds is 3. The van der Waals surface area contributed by atoms with Gasteiger partial charge in [0.05, 0.1) is 0 Å². The summed E-state index contributed by atoms with van der Waals surface area (Å²) in [5, 5.41) is 0. The molecule has 2 N–H and O–H groups in total. The van der Waals surface area contributed by atoms with Crippen molar-refractivity contribution in [3.8, 4) is 0 Å². The predicted octanol–water partition coefficient (Wildman–Crippen LogP) is -0.433. The van der Waals surface area contributed by atoms with Crippen LogP contribution in [0, 0.1) is 0 Å². The molecule has 0 heterocycles. The van der Waals surface area contributed by atoms with Gasteiger partial charge in [-0.1, -0.05) is 0 Å². The van der Waals surface area contributed by atoms with Crippen molar-refractivity contribution in [3.63, 3.8) is 0 Å². The quantitative estimate of drug-likeness (QED) is 0.545. The van der Waals surface area contributed by atoms with E-state index in [0.29, 0.717) is 12.8 Å². The first-order valence-corrected chi connectivity index (χ1v) is 3.13. The third-order valence-electron chi connectivity index (χ3n) is 1.88. The minimum atomic E-state index is -0.957. The highest BCUT2D eigenvalue weighted by atomic mass is 16.5. The van der Waals surface area contributed by atoms with Gasteiger partial charge >= 0.3 is 0 Å². The summed E-state index contributed by atoms with van der Waals surface area (Å²) in [6.45, 7) is 0.282. The van der Waals surface area contributed by atoms with Crippen LogP contribution in [-0.4, -0.2) is 18.0 Å². The number of ether oxygens (including phenoxy) is 1. The number of amides is 1. The summed E-state index contributed by atoms with van der Waals surface area (Å²) in [7, 11) is 0. The van der Waals surface area contributed by atoms with Crippen molar-refractivity contribution < 1.29 is 14.3 Å². The first-order chi connectivity index (χ1) is 4.71. The zero-order valence-electron chi connectivity index (χ0n) is 5.50. The summed E-state index contributed by atoms with van der Waals surface area (Å²) in [5.41, 5.74) is 4.04. The monoisotopic (exact) mass is 143 g/mol. The van der Waals surface area contributed by atoms with E-state index in [9.17, 15) is 9.59 Å². The summed E-state index contributed by atoms with van der Waals surface area (Å²) in [6.07, 6.45) is 2.04. The van der Waals surface area contributed by atoms with Gasteiger partial charge in [0.2, 0.25) is 0 Å². The molecule has 0 aliphatic heterocycles. The molecule has 0 saturated heterocycles. The van der Waals surface area contributed by atoms with Crippen LogP contribution in [-0.2, 0) is 14.3 Å². The second-order valence-corrected chi connectivity index (χ2v) is 2.43. The van der Waals surface area contributed by atoms with Crippen LogP contribution in [0.15, 0.2) is 0 Å². The lowest BCUT2D eigenvalue weighted by atomic mass is 9.79. The van der Waals surface area contributed by atoms with Crippen LogP contribution in [0.5, 0.6) is 0 Å². The highest BCUT2D eigenvalue weighted by molar-refractivity contribution is 5.85. The smallest absolute Gasteiger partial charge is 0.294 e. The van der Waals surface area contributed by atoms with Crippen molar-refractivity contribution in [2.45, 2.75) is 24.9 Å². The maximum absolute atomic E-state index is 10.6. The van der Waals surface area contributed by atoms with E-state index in [1.54, 1.807) is 0 Å². The largest absolute Gasteiger partial charge is 0.451 e. The van der Waals surface area contributed by atoms with Crippen LogP contribution in [0.1, 0.15) is 19.3 Å². The first kappa shape index (κ1) is 7.05. The Morgan fingerprint density at radius 1 is 1.60 bits per heavy atom. The van der Waals surface area contributed by atoms with E-state index in [1.807, 2.05) is 0 Å². The molecule has 1 amide bonds. The lowest BCUT2D eigenvalue weighted by Gasteiger charge is -2.36. The molecule has 1 fully saturated rings. The van der Waals surface area contributed by atoms with Crippen molar-refractivity contribution in [2.24, 2.45) is 5.73 Å². The van der Waals surface area contributed by atoms with Crippen LogP contribution in [0.3, 0.4) is 0 Å². The van der Waals surface area contributed by atoms with E-state index >= 15 is 0 Å². The molecule has 0 aromatic rings. The molecule has 4 heteroatoms. The molecular weight excluding hydrogens is 134 g/mol. The summed E-state index contributed by atoms with van der Waals surface area (Å²) in [6, 6.07) is 0. The Bertz CT molecular complexity index is 162. The Kier molecular flexibility index (Phi) is 1.61. The number of hydrogen-bond donors (Lipinski definition) is 1. The molecule has 1 saturated carbocycles. The van der Waals surface area contributed by atoms with Gasteiger partial charge < -0.3 is 10.5 Å². The van der Waals surface area contributed by atoms with Gasteiger partial charge in [0.15, 0.2) is 5.60 Å². The van der Waals surface area contributed by atoms with Gasteiger partial charge in [-0.05, 0) is 19.3 Å². The minimum absolute atomic E-state index is 0.282. The van der Waals surface area contributed by atoms with Crippen molar-refractivity contribution in [3.05, 3.63) is 0 Å². The number of primary amides is 1. The fourth-order valence-corrected chi connectivity index (χ4v) is 1.01. The van der Waals surface area contributed by atoms with Gasteiger partial charge in [0.1, 0.15) is 0 Å². The van der Waals surface area contributed by atoms with E-state index in [-0.39, 0.29) is 6.47 Å². The Balaban J connectivity index is 2.58. The zero-order chi connectivity index (χ0) is 7.61. The third-order valence-corrected chi connectivity index (χ3v) is 1.88. The fraction of sp³-hybridized carbons (Fsp3) is 0.667. The van der Waals surface area contributed by atoms with Crippen molar-refractivity contribution in [2.75, 3.05) is 0 Å². The van der Waals surface area contributed by atoms with Gasteiger partial charge in [-0.15, -0.1) is 0 Å². The third kappa shape index (κ3) is 0.853. The molecule has 1 aliphatic rings. The maximum Gasteiger partial charge on any atom is 0.294 e. The van der Waals surface area contributed by atoms with E-state index in [2.05, 4.69) is 4.74 Å². The van der Waals surface area contributed by atoms with Crippen LogP contribution in [0.2, 0.25) is 0 Å². The number of hydrogen-bond acceptors (Lipinski definition) is 3. The van der Waals surface area contributed by atoms with Crippen LogP contribution in [0.4, 0.5) is 0 Å². The second-order valence-electron chi connectivity index (χ2n) is 2.43. The summed E-state index contributed by atoms with van der Waals surface area (Å²) in [4.78, 5) is 20.5. The van der Waals surface area contributed by atoms with Gasteiger partial charge in [-0.3, -0.25) is 9.59 Å². The number of nitrogens with two attached hydrogens (primary N) is 1. The minimum Gasteiger partial charge on any atom is -0.451 e. The van der Waals surface area contributed by atoms with E-state index in [4.69, 9.17) is 5.73 Å². The fourth-order valence-electron chi connectivity index (χ4n) is 1.01. The van der Waals surface area contributed by atoms with Crippen molar-refractivity contribution in [1.82, 2.24) is 0 Å². The Morgan fingerprint density at radius 3 is 2.30 bits per heavy atom. The Hall–Kier alpha value is -1.06. The maximum atomic E-state index is 10.6. The molecule has 0 atom stereocenters. The highest BCUT2D eigenvalue weighted by Gasteiger charge is 2.44. The standard InChI is InChI=1S/C6H9NO3/c7-5(9)6(10-4-8)2-1-3-6/h4H,1-3H2,(H2,7,9). The Morgan fingerprint density at radius 2 is 2.20 bits per heavy atom. The molecule has 56 valence electrons. The Labute approximate surface area is 58.3 Å². The van der Waals surface area contributed by atoms with Crippen molar-refractivity contribution >= 4 is 12.4 Å². The van der Waals surface area contributed by atoms with Crippen LogP contribution in [0.25, 0.3) is 0 Å². The van der Waals surface area contributed by atoms with Gasteiger partial charge in [-0.2, -0.15) is 0 Å². The second kappa shape index (κ2) is 2.28. The molecule has 0 aromatic heterocycles.